The van der Waals surface area contributed by atoms with Crippen molar-refractivity contribution in [3.05, 3.63) is 108 Å². The SMILES string of the molecule is Cc1ccc2c(/C=N/NC(N)=S)cn(Cc3cn(-c4ccccc4)nc3-c3ccc(F)cc3)c2c1. The first-order chi connectivity index (χ1) is 17.0. The second-order valence-electron chi connectivity index (χ2n) is 8.26. The standard InChI is InChI=1S/C27H23FN6S/c1-18-7-12-24-20(14-30-31-27(29)35)15-33(25(24)13-18)16-21-17-34(23-5-3-2-4-6-23)32-26(21)19-8-10-22(28)11-9-19/h2-15,17H,16H2,1H3,(H3,29,31,35)/b30-14+. The van der Waals surface area contributed by atoms with Crippen molar-refractivity contribution in [1.29, 1.82) is 0 Å². The second kappa shape index (κ2) is 9.52. The third-order valence-electron chi connectivity index (χ3n) is 5.72. The van der Waals surface area contributed by atoms with E-state index in [1.54, 1.807) is 18.3 Å². The van der Waals surface area contributed by atoms with Crippen molar-refractivity contribution in [2.24, 2.45) is 10.8 Å². The Morgan fingerprint density at radius 1 is 1.09 bits per heavy atom. The van der Waals surface area contributed by atoms with Crippen LogP contribution in [-0.2, 0) is 6.54 Å². The van der Waals surface area contributed by atoms with Crippen LogP contribution >= 0.6 is 12.2 Å². The maximum Gasteiger partial charge on any atom is 0.184 e. The third kappa shape index (κ3) is 4.83. The summed E-state index contributed by atoms with van der Waals surface area (Å²) in [6.07, 6.45) is 5.78. The fourth-order valence-corrected chi connectivity index (χ4v) is 4.15. The van der Waals surface area contributed by atoms with Crippen LogP contribution < -0.4 is 11.2 Å². The Balaban J connectivity index is 1.61. The lowest BCUT2D eigenvalue weighted by molar-refractivity contribution is 0.628. The molecule has 0 fully saturated rings. The zero-order valence-electron chi connectivity index (χ0n) is 19.0. The van der Waals surface area contributed by atoms with E-state index in [1.165, 1.54) is 12.1 Å². The number of aromatic nitrogens is 3. The number of fused-ring (bicyclic) bond motifs is 1. The first-order valence-electron chi connectivity index (χ1n) is 11.1. The molecule has 8 heteroatoms. The predicted molar refractivity (Wildman–Crippen MR) is 142 cm³/mol. The zero-order chi connectivity index (χ0) is 24.4. The van der Waals surface area contributed by atoms with E-state index in [9.17, 15) is 4.39 Å². The first-order valence-corrected chi connectivity index (χ1v) is 11.5. The highest BCUT2D eigenvalue weighted by molar-refractivity contribution is 7.80. The van der Waals surface area contributed by atoms with E-state index < -0.39 is 0 Å². The van der Waals surface area contributed by atoms with E-state index in [2.05, 4.69) is 40.2 Å². The van der Waals surface area contributed by atoms with Crippen LogP contribution in [0.1, 0.15) is 16.7 Å². The summed E-state index contributed by atoms with van der Waals surface area (Å²) in [5.74, 6) is -0.279. The van der Waals surface area contributed by atoms with E-state index in [4.69, 9.17) is 23.1 Å². The number of halogens is 1. The smallest absolute Gasteiger partial charge is 0.184 e. The number of hydrazone groups is 1. The molecule has 0 unspecified atom stereocenters. The maximum absolute atomic E-state index is 13.6. The molecule has 35 heavy (non-hydrogen) atoms. The van der Waals surface area contributed by atoms with Gasteiger partial charge in [-0.2, -0.15) is 10.2 Å². The van der Waals surface area contributed by atoms with Crippen LogP contribution in [0, 0.1) is 12.7 Å². The van der Waals surface area contributed by atoms with Crippen LogP contribution in [0.4, 0.5) is 4.39 Å². The minimum atomic E-state index is -0.279. The largest absolute Gasteiger partial charge is 0.375 e. The number of nitrogens with zero attached hydrogens (tertiary/aromatic N) is 4. The van der Waals surface area contributed by atoms with Gasteiger partial charge in [0.1, 0.15) is 5.82 Å². The molecule has 3 aromatic carbocycles. The molecular weight excluding hydrogens is 459 g/mol. The number of thiocarbonyl (C=S) groups is 1. The van der Waals surface area contributed by atoms with Gasteiger partial charge in [0, 0.05) is 40.0 Å². The highest BCUT2D eigenvalue weighted by atomic mass is 32.1. The van der Waals surface area contributed by atoms with Gasteiger partial charge in [-0.15, -0.1) is 0 Å². The molecule has 0 aliphatic heterocycles. The summed E-state index contributed by atoms with van der Waals surface area (Å²) in [4.78, 5) is 0. The lowest BCUT2D eigenvalue weighted by Gasteiger charge is -2.07. The number of nitrogens with two attached hydrogens (primary N) is 1. The van der Waals surface area contributed by atoms with Gasteiger partial charge in [-0.3, -0.25) is 5.43 Å². The van der Waals surface area contributed by atoms with Crippen molar-refractivity contribution < 1.29 is 4.39 Å². The number of rotatable bonds is 6. The zero-order valence-corrected chi connectivity index (χ0v) is 19.8. The molecule has 0 aliphatic carbocycles. The summed E-state index contributed by atoms with van der Waals surface area (Å²) in [5, 5.41) is 10.2. The number of para-hydroxylation sites is 1. The fourth-order valence-electron chi connectivity index (χ4n) is 4.10. The van der Waals surface area contributed by atoms with Crippen LogP contribution in [0.2, 0.25) is 0 Å². The van der Waals surface area contributed by atoms with Crippen molar-refractivity contribution in [3.63, 3.8) is 0 Å². The summed E-state index contributed by atoms with van der Waals surface area (Å²) in [6, 6.07) is 22.7. The molecular formula is C27H23FN6S. The predicted octanol–water partition coefficient (Wildman–Crippen LogP) is 5.16. The molecule has 0 saturated heterocycles. The highest BCUT2D eigenvalue weighted by Crippen LogP contribution is 2.28. The first kappa shape index (κ1) is 22.5. The molecule has 0 atom stereocenters. The number of hydrogen-bond acceptors (Lipinski definition) is 3. The molecule has 0 bridgehead atoms. The summed E-state index contributed by atoms with van der Waals surface area (Å²) in [6.45, 7) is 2.63. The summed E-state index contributed by atoms with van der Waals surface area (Å²) >= 11 is 4.84. The number of hydrogen-bond donors (Lipinski definition) is 2. The minimum absolute atomic E-state index is 0.109. The second-order valence-corrected chi connectivity index (χ2v) is 8.70. The summed E-state index contributed by atoms with van der Waals surface area (Å²) in [7, 11) is 0. The molecule has 2 aromatic heterocycles. The average molecular weight is 483 g/mol. The molecule has 0 radical (unpaired) electrons. The van der Waals surface area contributed by atoms with E-state index in [1.807, 2.05) is 47.4 Å². The Hall–Kier alpha value is -4.30. The summed E-state index contributed by atoms with van der Waals surface area (Å²) in [5.41, 5.74) is 14.9. The third-order valence-corrected chi connectivity index (χ3v) is 5.81. The van der Waals surface area contributed by atoms with Crippen LogP contribution in [0.25, 0.3) is 27.8 Å². The fraction of sp³-hybridized carbons (Fsp3) is 0.0741. The molecule has 174 valence electrons. The van der Waals surface area contributed by atoms with E-state index >= 15 is 0 Å². The van der Waals surface area contributed by atoms with Gasteiger partial charge < -0.3 is 10.3 Å². The van der Waals surface area contributed by atoms with E-state index in [0.29, 0.717) is 6.54 Å². The van der Waals surface area contributed by atoms with Crippen molar-refractivity contribution in [3.8, 4) is 16.9 Å². The molecule has 5 rings (SSSR count). The molecule has 0 saturated carbocycles. The average Bonchev–Trinajstić information content (AvgIpc) is 3.42. The minimum Gasteiger partial charge on any atom is -0.375 e. The Morgan fingerprint density at radius 3 is 2.60 bits per heavy atom. The number of aryl methyl sites for hydroxylation is 1. The molecule has 6 nitrogen and oxygen atoms in total. The van der Waals surface area contributed by atoms with Crippen molar-refractivity contribution in [2.45, 2.75) is 13.5 Å². The van der Waals surface area contributed by atoms with Crippen LogP contribution in [0.15, 0.2) is 90.3 Å². The van der Waals surface area contributed by atoms with Gasteiger partial charge in [0.05, 0.1) is 24.1 Å². The van der Waals surface area contributed by atoms with Crippen LogP contribution in [-0.4, -0.2) is 25.7 Å². The van der Waals surface area contributed by atoms with Gasteiger partial charge in [-0.1, -0.05) is 30.3 Å². The molecule has 3 N–H and O–H groups in total. The Labute approximate surface area is 207 Å². The number of nitrogens with one attached hydrogen (secondary N) is 1. The monoisotopic (exact) mass is 482 g/mol. The molecule has 0 spiro atoms. The lowest BCUT2D eigenvalue weighted by atomic mass is 10.1. The Bertz CT molecular complexity index is 1530. The topological polar surface area (TPSA) is 73.2 Å². The number of benzene rings is 3. The van der Waals surface area contributed by atoms with Gasteiger partial charge in [-0.05, 0) is 67.2 Å². The van der Waals surface area contributed by atoms with E-state index in [-0.39, 0.29) is 10.9 Å². The lowest BCUT2D eigenvalue weighted by Crippen LogP contribution is -2.23. The van der Waals surface area contributed by atoms with Gasteiger partial charge >= 0.3 is 0 Å². The normalized spacial score (nSPS) is 11.4. The van der Waals surface area contributed by atoms with Gasteiger partial charge in [0.15, 0.2) is 5.11 Å². The van der Waals surface area contributed by atoms with Crippen molar-refractivity contribution >= 4 is 34.4 Å². The van der Waals surface area contributed by atoms with E-state index in [0.717, 1.165) is 44.5 Å². The summed E-state index contributed by atoms with van der Waals surface area (Å²) < 4.78 is 17.7. The van der Waals surface area contributed by atoms with Crippen molar-refractivity contribution in [2.75, 3.05) is 0 Å². The van der Waals surface area contributed by atoms with Crippen LogP contribution in [0.5, 0.6) is 0 Å². The van der Waals surface area contributed by atoms with Gasteiger partial charge in [0.25, 0.3) is 0 Å². The Morgan fingerprint density at radius 2 is 1.86 bits per heavy atom. The maximum atomic E-state index is 13.6. The van der Waals surface area contributed by atoms with Gasteiger partial charge in [-0.25, -0.2) is 9.07 Å². The highest BCUT2D eigenvalue weighted by Gasteiger charge is 2.15. The van der Waals surface area contributed by atoms with Crippen molar-refractivity contribution in [1.82, 2.24) is 19.8 Å². The quantitative estimate of drug-likeness (QED) is 0.199. The van der Waals surface area contributed by atoms with Gasteiger partial charge in [0.2, 0.25) is 0 Å². The molecule has 0 amide bonds. The molecule has 0 aliphatic rings. The Kier molecular flexibility index (Phi) is 6.12. The molecule has 2 heterocycles. The van der Waals surface area contributed by atoms with Crippen LogP contribution in [0.3, 0.4) is 0 Å². The molecule has 5 aromatic rings.